The highest BCUT2D eigenvalue weighted by atomic mass is 16.5. The maximum atomic E-state index is 12.7. The van der Waals surface area contributed by atoms with E-state index in [4.69, 9.17) is 4.74 Å². The number of morpholine rings is 1. The molecule has 1 amide bonds. The van der Waals surface area contributed by atoms with E-state index in [2.05, 4.69) is 53.6 Å². The molecule has 0 unspecified atom stereocenters. The number of carbonyl (C=O) groups is 1. The Balaban J connectivity index is 1.34. The molecule has 2 heterocycles. The molecule has 3 fully saturated rings. The largest absolute Gasteiger partial charge is 0.373 e. The number of piperidine rings is 1. The van der Waals surface area contributed by atoms with E-state index in [0.29, 0.717) is 12.0 Å². The molecule has 1 spiro atoms. The van der Waals surface area contributed by atoms with E-state index in [1.807, 2.05) is 0 Å². The zero-order chi connectivity index (χ0) is 18.9. The predicted molar refractivity (Wildman–Crippen MR) is 106 cm³/mol. The van der Waals surface area contributed by atoms with Crippen molar-refractivity contribution in [1.82, 2.24) is 15.5 Å². The fourth-order valence-electron chi connectivity index (χ4n) is 5.04. The summed E-state index contributed by atoms with van der Waals surface area (Å²) in [5.41, 5.74) is 2.85. The van der Waals surface area contributed by atoms with E-state index in [1.54, 1.807) is 0 Å². The van der Waals surface area contributed by atoms with Crippen LogP contribution in [0.25, 0.3) is 0 Å². The van der Waals surface area contributed by atoms with Crippen molar-refractivity contribution in [3.05, 3.63) is 35.4 Å². The number of hydrogen-bond donors (Lipinski definition) is 2. The fourth-order valence-corrected chi connectivity index (χ4v) is 5.04. The number of nitrogens with zero attached hydrogens (tertiary/aromatic N) is 1. The average Bonchev–Trinajstić information content (AvgIpc) is 3.33. The molecule has 2 aliphatic heterocycles. The lowest BCUT2D eigenvalue weighted by Gasteiger charge is -2.35. The predicted octanol–water partition coefficient (Wildman–Crippen LogP) is 2.30. The average molecular weight is 372 g/mol. The van der Waals surface area contributed by atoms with Gasteiger partial charge in [0.2, 0.25) is 5.91 Å². The van der Waals surface area contributed by atoms with Crippen molar-refractivity contribution in [3.8, 4) is 0 Å². The molecular formula is C22H33N3O2. The molecule has 3 aliphatic rings. The van der Waals surface area contributed by atoms with E-state index in [0.717, 1.165) is 52.0 Å². The van der Waals surface area contributed by atoms with Crippen LogP contribution >= 0.6 is 0 Å². The number of amides is 1. The van der Waals surface area contributed by atoms with Crippen molar-refractivity contribution in [1.29, 1.82) is 0 Å². The van der Waals surface area contributed by atoms with Crippen molar-refractivity contribution in [2.45, 2.75) is 58.4 Å². The molecule has 148 valence electrons. The molecule has 0 radical (unpaired) electrons. The van der Waals surface area contributed by atoms with Gasteiger partial charge in [0.15, 0.2) is 0 Å². The third-order valence-electron chi connectivity index (χ3n) is 6.57. The summed E-state index contributed by atoms with van der Waals surface area (Å²) in [6.07, 6.45) is 3.92. The first-order chi connectivity index (χ1) is 13.1. The van der Waals surface area contributed by atoms with Crippen molar-refractivity contribution in [3.63, 3.8) is 0 Å². The van der Waals surface area contributed by atoms with E-state index in [9.17, 15) is 4.79 Å². The van der Waals surface area contributed by atoms with Crippen LogP contribution in [0.5, 0.6) is 0 Å². The first-order valence-electron chi connectivity index (χ1n) is 10.5. The van der Waals surface area contributed by atoms with Crippen LogP contribution in [0.2, 0.25) is 0 Å². The van der Waals surface area contributed by atoms with Crippen LogP contribution < -0.4 is 10.6 Å². The van der Waals surface area contributed by atoms with Crippen LogP contribution in [0.4, 0.5) is 0 Å². The second-order valence-electron chi connectivity index (χ2n) is 8.81. The smallest absolute Gasteiger partial charge is 0.223 e. The Labute approximate surface area is 162 Å². The SMILES string of the molecule is C[C@@H]1CN(Cc2ccccc2CNC(=O)[C@H]2CC23CCNCC3)C[C@H](C)O1. The second-order valence-corrected chi connectivity index (χ2v) is 8.81. The van der Waals surface area contributed by atoms with Gasteiger partial charge in [-0.2, -0.15) is 0 Å². The Bertz CT molecular complexity index is 661. The Morgan fingerprint density at radius 1 is 1.19 bits per heavy atom. The van der Waals surface area contributed by atoms with Crippen LogP contribution in [0.3, 0.4) is 0 Å². The van der Waals surface area contributed by atoms with Crippen LogP contribution in [0.15, 0.2) is 24.3 Å². The number of benzene rings is 1. The number of ether oxygens (including phenoxy) is 1. The fraction of sp³-hybridized carbons (Fsp3) is 0.682. The summed E-state index contributed by atoms with van der Waals surface area (Å²) in [4.78, 5) is 15.1. The van der Waals surface area contributed by atoms with Crippen molar-refractivity contribution >= 4 is 5.91 Å². The van der Waals surface area contributed by atoms with Crippen molar-refractivity contribution in [2.24, 2.45) is 11.3 Å². The standard InChI is InChI=1S/C22H33N3O2/c1-16-13-25(14-17(2)27-16)15-19-6-4-3-5-18(19)12-24-21(26)20-11-22(20)7-9-23-10-8-22/h3-6,16-17,20,23H,7-15H2,1-2H3,(H,24,26)/t16-,17+,20-/m1/s1. The lowest BCUT2D eigenvalue weighted by Crippen LogP contribution is -2.45. The summed E-state index contributed by atoms with van der Waals surface area (Å²) in [6, 6.07) is 8.51. The molecule has 27 heavy (non-hydrogen) atoms. The van der Waals surface area contributed by atoms with Gasteiger partial charge in [-0.25, -0.2) is 0 Å². The summed E-state index contributed by atoms with van der Waals surface area (Å²) < 4.78 is 5.85. The number of carbonyl (C=O) groups excluding carboxylic acids is 1. The van der Waals surface area contributed by atoms with Gasteiger partial charge in [-0.1, -0.05) is 24.3 Å². The molecule has 0 bridgehead atoms. The summed E-state index contributed by atoms with van der Waals surface area (Å²) in [7, 11) is 0. The molecule has 1 aromatic rings. The van der Waals surface area contributed by atoms with Gasteiger partial charge in [0.1, 0.15) is 0 Å². The van der Waals surface area contributed by atoms with Gasteiger partial charge in [0, 0.05) is 32.1 Å². The normalized spacial score (nSPS) is 30.2. The maximum Gasteiger partial charge on any atom is 0.223 e. The Morgan fingerprint density at radius 3 is 2.56 bits per heavy atom. The Morgan fingerprint density at radius 2 is 1.85 bits per heavy atom. The van der Waals surface area contributed by atoms with Gasteiger partial charge in [-0.15, -0.1) is 0 Å². The van der Waals surface area contributed by atoms with Crippen LogP contribution in [-0.2, 0) is 22.6 Å². The topological polar surface area (TPSA) is 53.6 Å². The van der Waals surface area contributed by atoms with E-state index in [-0.39, 0.29) is 24.0 Å². The molecule has 1 aromatic carbocycles. The number of rotatable bonds is 5. The maximum absolute atomic E-state index is 12.7. The van der Waals surface area contributed by atoms with Crippen molar-refractivity contribution < 1.29 is 9.53 Å². The van der Waals surface area contributed by atoms with Gasteiger partial charge >= 0.3 is 0 Å². The quantitative estimate of drug-likeness (QED) is 0.834. The van der Waals surface area contributed by atoms with Crippen LogP contribution in [-0.4, -0.2) is 49.2 Å². The minimum absolute atomic E-state index is 0.229. The zero-order valence-corrected chi connectivity index (χ0v) is 16.7. The van der Waals surface area contributed by atoms with E-state index >= 15 is 0 Å². The molecule has 0 aromatic heterocycles. The first kappa shape index (κ1) is 18.9. The van der Waals surface area contributed by atoms with Gasteiger partial charge in [-0.05, 0) is 62.7 Å². The van der Waals surface area contributed by atoms with Crippen LogP contribution in [0, 0.1) is 11.3 Å². The lowest BCUT2D eigenvalue weighted by molar-refractivity contribution is -0.123. The van der Waals surface area contributed by atoms with Crippen molar-refractivity contribution in [2.75, 3.05) is 26.2 Å². The third kappa shape index (κ3) is 4.36. The number of nitrogens with one attached hydrogen (secondary N) is 2. The highest BCUT2D eigenvalue weighted by Gasteiger charge is 2.57. The summed E-state index contributed by atoms with van der Waals surface area (Å²) in [5.74, 6) is 0.480. The number of hydrogen-bond acceptors (Lipinski definition) is 4. The van der Waals surface area contributed by atoms with Crippen LogP contribution in [0.1, 0.15) is 44.2 Å². The van der Waals surface area contributed by atoms with E-state index in [1.165, 1.54) is 11.1 Å². The van der Waals surface area contributed by atoms with Gasteiger partial charge in [-0.3, -0.25) is 9.69 Å². The summed E-state index contributed by atoms with van der Waals surface area (Å²) in [5, 5.41) is 6.63. The molecular weight excluding hydrogens is 338 g/mol. The third-order valence-corrected chi connectivity index (χ3v) is 6.57. The minimum Gasteiger partial charge on any atom is -0.373 e. The zero-order valence-electron chi connectivity index (χ0n) is 16.7. The summed E-state index contributed by atoms with van der Waals surface area (Å²) in [6.45, 7) is 9.87. The van der Waals surface area contributed by atoms with E-state index < -0.39 is 0 Å². The molecule has 5 nitrogen and oxygen atoms in total. The highest BCUT2D eigenvalue weighted by Crippen LogP contribution is 2.58. The minimum atomic E-state index is 0.229. The van der Waals surface area contributed by atoms with Gasteiger partial charge < -0.3 is 15.4 Å². The lowest BCUT2D eigenvalue weighted by atomic mass is 9.92. The van der Waals surface area contributed by atoms with Gasteiger partial charge in [0.05, 0.1) is 12.2 Å². The Kier molecular flexibility index (Phi) is 5.53. The highest BCUT2D eigenvalue weighted by molar-refractivity contribution is 5.82. The molecule has 1 saturated carbocycles. The first-order valence-corrected chi connectivity index (χ1v) is 10.5. The molecule has 3 atom stereocenters. The molecule has 2 N–H and O–H groups in total. The second kappa shape index (κ2) is 7.90. The molecule has 4 rings (SSSR count). The Hall–Kier alpha value is -1.43. The molecule has 5 heteroatoms. The molecule has 2 saturated heterocycles. The monoisotopic (exact) mass is 371 g/mol. The van der Waals surface area contributed by atoms with Gasteiger partial charge in [0.25, 0.3) is 0 Å². The molecule has 1 aliphatic carbocycles. The summed E-state index contributed by atoms with van der Waals surface area (Å²) >= 11 is 0.